The van der Waals surface area contributed by atoms with E-state index in [1.807, 2.05) is 25.1 Å². The highest BCUT2D eigenvalue weighted by atomic mass is 16.6. The molecule has 0 aliphatic carbocycles. The lowest BCUT2D eigenvalue weighted by atomic mass is 10.1. The molecule has 0 amide bonds. The number of benzene rings is 3. The summed E-state index contributed by atoms with van der Waals surface area (Å²) >= 11 is 0. The Morgan fingerprint density at radius 3 is 1.71 bits per heavy atom. The predicted octanol–water partition coefficient (Wildman–Crippen LogP) is 6.52. The number of carbonyl (C=O) groups excluding carboxylic acids is 2. The van der Waals surface area contributed by atoms with Gasteiger partial charge in [0.15, 0.2) is 0 Å². The van der Waals surface area contributed by atoms with E-state index in [0.717, 1.165) is 19.3 Å². The first-order valence-corrected chi connectivity index (χ1v) is 13.4. The van der Waals surface area contributed by atoms with E-state index in [2.05, 4.69) is 6.92 Å². The Morgan fingerprint density at radius 2 is 1.17 bits per heavy atom. The second-order valence-corrected chi connectivity index (χ2v) is 9.06. The first-order chi connectivity index (χ1) is 19.7. The second kappa shape index (κ2) is 17.8. The van der Waals surface area contributed by atoms with Crippen molar-refractivity contribution in [2.75, 3.05) is 13.2 Å². The minimum atomic E-state index is -1.16. The molecule has 0 spiro atoms. The Morgan fingerprint density at radius 1 is 0.659 bits per heavy atom. The summed E-state index contributed by atoms with van der Waals surface area (Å²) in [6.45, 7) is 4.23. The van der Waals surface area contributed by atoms with Crippen LogP contribution in [0.5, 0.6) is 5.75 Å². The number of carboxylic acids is 2. The number of rotatable bonds is 14. The van der Waals surface area contributed by atoms with Crippen LogP contribution in [-0.2, 0) is 9.47 Å². The van der Waals surface area contributed by atoms with Crippen molar-refractivity contribution < 1.29 is 43.6 Å². The Labute approximate surface area is 239 Å². The first-order valence-electron chi connectivity index (χ1n) is 13.4. The highest BCUT2D eigenvalue weighted by Gasteiger charge is 2.19. The SMILES string of the molecule is CCCCCCC(C)OC(=O)c1ccccc1C(=O)O.O=C(O)c1ccccc1C(=O)OCCOc1ccccc1. The largest absolute Gasteiger partial charge is 0.490 e. The molecule has 0 fully saturated rings. The smallest absolute Gasteiger partial charge is 0.339 e. The lowest BCUT2D eigenvalue weighted by molar-refractivity contribution is 0.0313. The van der Waals surface area contributed by atoms with E-state index in [1.54, 1.807) is 36.4 Å². The molecule has 2 N–H and O–H groups in total. The van der Waals surface area contributed by atoms with Gasteiger partial charge in [-0.05, 0) is 56.2 Å². The first kappa shape index (κ1) is 32.6. The number of carboxylic acid groups (broad SMARTS) is 2. The molecule has 3 aromatic rings. The zero-order chi connectivity index (χ0) is 30.0. The van der Waals surface area contributed by atoms with Gasteiger partial charge in [0.1, 0.15) is 19.0 Å². The van der Waals surface area contributed by atoms with Crippen molar-refractivity contribution in [2.45, 2.75) is 52.1 Å². The Bertz CT molecular complexity index is 1270. The number of hydrogen-bond donors (Lipinski definition) is 2. The molecule has 0 saturated heterocycles. The molecule has 218 valence electrons. The van der Waals surface area contributed by atoms with Gasteiger partial charge in [0.25, 0.3) is 0 Å². The molecule has 41 heavy (non-hydrogen) atoms. The number of ether oxygens (including phenoxy) is 3. The molecule has 0 heterocycles. The summed E-state index contributed by atoms with van der Waals surface area (Å²) in [5, 5.41) is 18.0. The van der Waals surface area contributed by atoms with Crippen LogP contribution in [0.3, 0.4) is 0 Å². The van der Waals surface area contributed by atoms with Crippen LogP contribution in [-0.4, -0.2) is 53.4 Å². The fourth-order valence-corrected chi connectivity index (χ4v) is 3.75. The van der Waals surface area contributed by atoms with Crippen molar-refractivity contribution in [1.29, 1.82) is 0 Å². The molecule has 0 radical (unpaired) electrons. The average Bonchev–Trinajstić information content (AvgIpc) is 2.98. The van der Waals surface area contributed by atoms with Gasteiger partial charge in [-0.25, -0.2) is 19.2 Å². The third-order valence-corrected chi connectivity index (χ3v) is 5.86. The Balaban J connectivity index is 0.000000287. The minimum absolute atomic E-state index is 0.0179. The summed E-state index contributed by atoms with van der Waals surface area (Å²) in [6.07, 6.45) is 5.11. The van der Waals surface area contributed by atoms with E-state index in [9.17, 15) is 19.2 Å². The zero-order valence-corrected chi connectivity index (χ0v) is 23.3. The molecule has 1 unspecified atom stereocenters. The summed E-state index contributed by atoms with van der Waals surface area (Å²) in [6, 6.07) is 21.2. The van der Waals surface area contributed by atoms with Crippen LogP contribution in [0.25, 0.3) is 0 Å². The standard InChI is InChI=1S/C16H14O5.C16H22O4/c17-15(18)13-8-4-5-9-14(13)16(19)21-11-10-20-12-6-2-1-3-7-12;1-3-4-5-6-9-12(2)20-16(19)14-11-8-7-10-13(14)15(17)18/h1-9H,10-11H2,(H,17,18);7-8,10-12H,3-6,9H2,1-2H3,(H,17,18). The van der Waals surface area contributed by atoms with Crippen LogP contribution in [0.2, 0.25) is 0 Å². The van der Waals surface area contributed by atoms with E-state index in [4.69, 9.17) is 24.4 Å². The van der Waals surface area contributed by atoms with Gasteiger partial charge in [-0.1, -0.05) is 68.7 Å². The molecule has 3 aromatic carbocycles. The molecule has 0 saturated carbocycles. The highest BCUT2D eigenvalue weighted by molar-refractivity contribution is 6.03. The van der Waals surface area contributed by atoms with E-state index in [-0.39, 0.29) is 41.6 Å². The summed E-state index contributed by atoms with van der Waals surface area (Å²) in [5.74, 6) is -2.84. The Kier molecular flexibility index (Phi) is 14.2. The third kappa shape index (κ3) is 11.5. The molecule has 1 atom stereocenters. The van der Waals surface area contributed by atoms with Gasteiger partial charge in [-0.15, -0.1) is 0 Å². The highest BCUT2D eigenvalue weighted by Crippen LogP contribution is 2.15. The van der Waals surface area contributed by atoms with Crippen molar-refractivity contribution in [2.24, 2.45) is 0 Å². The zero-order valence-electron chi connectivity index (χ0n) is 23.3. The van der Waals surface area contributed by atoms with Gasteiger partial charge in [-0.2, -0.15) is 0 Å². The number of hydrogen-bond acceptors (Lipinski definition) is 7. The van der Waals surface area contributed by atoms with Crippen molar-refractivity contribution in [3.05, 3.63) is 101 Å². The maximum atomic E-state index is 12.0. The number of unbranched alkanes of at least 4 members (excludes halogenated alkanes) is 3. The lowest BCUT2D eigenvalue weighted by Crippen LogP contribution is -2.17. The fourth-order valence-electron chi connectivity index (χ4n) is 3.75. The van der Waals surface area contributed by atoms with Crippen molar-refractivity contribution in [1.82, 2.24) is 0 Å². The van der Waals surface area contributed by atoms with Crippen LogP contribution >= 0.6 is 0 Å². The van der Waals surface area contributed by atoms with Crippen LogP contribution in [0.15, 0.2) is 78.9 Å². The molecule has 0 aromatic heterocycles. The molecule has 3 rings (SSSR count). The van der Waals surface area contributed by atoms with Crippen LogP contribution in [0, 0.1) is 0 Å². The number of para-hydroxylation sites is 1. The van der Waals surface area contributed by atoms with Gasteiger partial charge in [0, 0.05) is 0 Å². The van der Waals surface area contributed by atoms with Crippen molar-refractivity contribution >= 4 is 23.9 Å². The number of aromatic carboxylic acids is 2. The van der Waals surface area contributed by atoms with Gasteiger partial charge in [0.2, 0.25) is 0 Å². The van der Waals surface area contributed by atoms with Gasteiger partial charge >= 0.3 is 23.9 Å². The molecule has 0 aliphatic rings. The van der Waals surface area contributed by atoms with Gasteiger partial charge in [-0.3, -0.25) is 0 Å². The molecule has 9 nitrogen and oxygen atoms in total. The molecule has 9 heteroatoms. The Hall–Kier alpha value is -4.66. The maximum absolute atomic E-state index is 12.0. The maximum Gasteiger partial charge on any atom is 0.339 e. The van der Waals surface area contributed by atoms with E-state index >= 15 is 0 Å². The molecular weight excluding hydrogens is 528 g/mol. The van der Waals surface area contributed by atoms with Crippen LogP contribution in [0.1, 0.15) is 87.4 Å². The second-order valence-electron chi connectivity index (χ2n) is 9.06. The third-order valence-electron chi connectivity index (χ3n) is 5.86. The molecular formula is C32H36O9. The van der Waals surface area contributed by atoms with Gasteiger partial charge < -0.3 is 24.4 Å². The van der Waals surface area contributed by atoms with E-state index in [1.165, 1.54) is 37.1 Å². The lowest BCUT2D eigenvalue weighted by Gasteiger charge is -2.14. The van der Waals surface area contributed by atoms with E-state index in [0.29, 0.717) is 5.75 Å². The monoisotopic (exact) mass is 564 g/mol. The van der Waals surface area contributed by atoms with Crippen LogP contribution in [0.4, 0.5) is 0 Å². The topological polar surface area (TPSA) is 136 Å². The fraction of sp³-hybridized carbons (Fsp3) is 0.312. The summed E-state index contributed by atoms with van der Waals surface area (Å²) in [7, 11) is 0. The summed E-state index contributed by atoms with van der Waals surface area (Å²) < 4.78 is 15.7. The normalized spacial score (nSPS) is 10.9. The molecule has 0 bridgehead atoms. The number of esters is 2. The van der Waals surface area contributed by atoms with Gasteiger partial charge in [0.05, 0.1) is 28.4 Å². The quantitative estimate of drug-likeness (QED) is 0.166. The number of carbonyl (C=O) groups is 4. The molecule has 0 aliphatic heterocycles. The summed E-state index contributed by atoms with van der Waals surface area (Å²) in [4.78, 5) is 45.9. The van der Waals surface area contributed by atoms with Crippen LogP contribution < -0.4 is 4.74 Å². The average molecular weight is 565 g/mol. The van der Waals surface area contributed by atoms with Crippen molar-refractivity contribution in [3.63, 3.8) is 0 Å². The van der Waals surface area contributed by atoms with E-state index < -0.39 is 23.9 Å². The summed E-state index contributed by atoms with van der Waals surface area (Å²) in [5.41, 5.74) is 0.0484. The minimum Gasteiger partial charge on any atom is -0.490 e. The predicted molar refractivity (Wildman–Crippen MR) is 153 cm³/mol. The van der Waals surface area contributed by atoms with Crippen molar-refractivity contribution in [3.8, 4) is 5.75 Å².